The lowest BCUT2D eigenvalue weighted by molar-refractivity contribution is 0.541. The van der Waals surface area contributed by atoms with Gasteiger partial charge in [0.2, 0.25) is 0 Å². The lowest BCUT2D eigenvalue weighted by atomic mass is 10.2. The Morgan fingerprint density at radius 2 is 2.24 bits per heavy atom. The lowest BCUT2D eigenvalue weighted by Gasteiger charge is -2.07. The Labute approximate surface area is 101 Å². The first-order valence-corrected chi connectivity index (χ1v) is 5.77. The summed E-state index contributed by atoms with van der Waals surface area (Å²) in [4.78, 5) is 0. The van der Waals surface area contributed by atoms with Gasteiger partial charge in [-0.25, -0.2) is 0 Å². The third kappa shape index (κ3) is 2.91. The van der Waals surface area contributed by atoms with Gasteiger partial charge >= 0.3 is 0 Å². The molecule has 0 aliphatic heterocycles. The Bertz CT molecular complexity index is 470. The smallest absolute Gasteiger partial charge is 0.177 e. The van der Waals surface area contributed by atoms with Gasteiger partial charge in [-0.1, -0.05) is 19.1 Å². The van der Waals surface area contributed by atoms with E-state index in [1.807, 2.05) is 19.3 Å². The van der Waals surface area contributed by atoms with E-state index in [9.17, 15) is 0 Å². The van der Waals surface area contributed by atoms with Gasteiger partial charge in [-0.15, -0.1) is 5.10 Å². The van der Waals surface area contributed by atoms with Gasteiger partial charge in [0.05, 0.1) is 11.9 Å². The van der Waals surface area contributed by atoms with E-state index in [0.29, 0.717) is 5.92 Å². The Balaban J connectivity index is 2.07. The first kappa shape index (κ1) is 11.8. The highest BCUT2D eigenvalue weighted by Gasteiger charge is 2.08. The van der Waals surface area contributed by atoms with E-state index in [1.54, 1.807) is 15.6 Å². The van der Waals surface area contributed by atoms with E-state index >= 15 is 0 Å². The number of nitrogens with zero attached hydrogens (tertiary/aromatic N) is 5. The summed E-state index contributed by atoms with van der Waals surface area (Å²) in [5.74, 6) is 1.43. The molecule has 17 heavy (non-hydrogen) atoms. The van der Waals surface area contributed by atoms with Gasteiger partial charge in [-0.05, 0) is 12.5 Å². The van der Waals surface area contributed by atoms with Gasteiger partial charge in [-0.2, -0.15) is 9.78 Å². The van der Waals surface area contributed by atoms with E-state index in [0.717, 1.165) is 24.6 Å². The van der Waals surface area contributed by atoms with Crippen molar-refractivity contribution in [1.29, 1.82) is 0 Å². The largest absolute Gasteiger partial charge is 0.311 e. The molecule has 0 aromatic carbocycles. The van der Waals surface area contributed by atoms with Crippen LogP contribution < -0.4 is 5.32 Å². The Hall–Kier alpha value is -1.69. The number of hydrogen-bond donors (Lipinski definition) is 1. The van der Waals surface area contributed by atoms with Crippen LogP contribution in [0.4, 0.5) is 0 Å². The maximum atomic E-state index is 4.31. The van der Waals surface area contributed by atoms with Crippen molar-refractivity contribution in [3.8, 4) is 5.82 Å². The number of rotatable bonds is 5. The van der Waals surface area contributed by atoms with E-state index in [-0.39, 0.29) is 0 Å². The molecule has 0 atom stereocenters. The first-order chi connectivity index (χ1) is 8.16. The van der Waals surface area contributed by atoms with Crippen molar-refractivity contribution in [2.45, 2.75) is 20.4 Å². The summed E-state index contributed by atoms with van der Waals surface area (Å²) < 4.78 is 3.51. The maximum Gasteiger partial charge on any atom is 0.177 e. The highest BCUT2D eigenvalue weighted by Crippen LogP contribution is 2.05. The average Bonchev–Trinajstić information content (AvgIpc) is 2.86. The number of nitrogens with one attached hydrogen (secondary N) is 1. The molecule has 0 radical (unpaired) electrons. The standard InChI is InChI=1S/C11H18N6/c1-9(2)6-12-7-10-8-13-15-17(10)11-4-5-16(3)14-11/h4-5,8-9,12H,6-7H2,1-3H3. The predicted molar refractivity (Wildman–Crippen MR) is 64.7 cm³/mol. The first-order valence-electron chi connectivity index (χ1n) is 5.77. The summed E-state index contributed by atoms with van der Waals surface area (Å²) in [6.45, 7) is 6.09. The molecule has 0 unspecified atom stereocenters. The van der Waals surface area contributed by atoms with Gasteiger partial charge in [0.1, 0.15) is 0 Å². The van der Waals surface area contributed by atoms with Crippen LogP contribution in [0.3, 0.4) is 0 Å². The average molecular weight is 234 g/mol. The highest BCUT2D eigenvalue weighted by molar-refractivity contribution is 5.20. The van der Waals surface area contributed by atoms with Gasteiger partial charge in [0.15, 0.2) is 5.82 Å². The van der Waals surface area contributed by atoms with E-state index in [4.69, 9.17) is 0 Å². The van der Waals surface area contributed by atoms with Crippen molar-refractivity contribution in [3.05, 3.63) is 24.2 Å². The minimum atomic E-state index is 0.634. The maximum absolute atomic E-state index is 4.31. The molecular weight excluding hydrogens is 216 g/mol. The Morgan fingerprint density at radius 3 is 2.88 bits per heavy atom. The minimum absolute atomic E-state index is 0.634. The predicted octanol–water partition coefficient (Wildman–Crippen LogP) is 0.746. The van der Waals surface area contributed by atoms with Crippen LogP contribution in [-0.2, 0) is 13.6 Å². The van der Waals surface area contributed by atoms with Gasteiger partial charge in [-0.3, -0.25) is 4.68 Å². The molecule has 0 saturated heterocycles. The molecule has 0 aliphatic rings. The topological polar surface area (TPSA) is 60.6 Å². The molecule has 0 spiro atoms. The quantitative estimate of drug-likeness (QED) is 0.829. The van der Waals surface area contributed by atoms with E-state index in [2.05, 4.69) is 34.6 Å². The molecule has 0 amide bonds. The molecule has 2 aromatic heterocycles. The van der Waals surface area contributed by atoms with Gasteiger partial charge in [0, 0.05) is 25.9 Å². The second-order valence-electron chi connectivity index (χ2n) is 4.51. The summed E-state index contributed by atoms with van der Waals surface area (Å²) in [5, 5.41) is 15.7. The fourth-order valence-electron chi connectivity index (χ4n) is 1.57. The van der Waals surface area contributed by atoms with Gasteiger partial charge in [0.25, 0.3) is 0 Å². The van der Waals surface area contributed by atoms with Gasteiger partial charge < -0.3 is 5.32 Å². The number of aryl methyl sites for hydroxylation is 1. The van der Waals surface area contributed by atoms with Crippen molar-refractivity contribution in [2.24, 2.45) is 13.0 Å². The SMILES string of the molecule is CC(C)CNCc1cnnn1-c1ccn(C)n1. The number of aromatic nitrogens is 5. The fourth-order valence-corrected chi connectivity index (χ4v) is 1.57. The number of hydrogen-bond acceptors (Lipinski definition) is 4. The normalized spacial score (nSPS) is 11.3. The summed E-state index contributed by atoms with van der Waals surface area (Å²) in [6, 6.07) is 1.92. The van der Waals surface area contributed by atoms with Crippen LogP contribution in [0.15, 0.2) is 18.5 Å². The molecule has 0 bridgehead atoms. The monoisotopic (exact) mass is 234 g/mol. The second kappa shape index (κ2) is 5.09. The molecule has 2 aromatic rings. The summed E-state index contributed by atoms with van der Waals surface area (Å²) in [6.07, 6.45) is 3.66. The van der Waals surface area contributed by atoms with Crippen LogP contribution in [0.2, 0.25) is 0 Å². The van der Waals surface area contributed by atoms with Crippen LogP contribution in [0, 0.1) is 5.92 Å². The third-order valence-corrected chi connectivity index (χ3v) is 2.40. The zero-order chi connectivity index (χ0) is 12.3. The van der Waals surface area contributed by atoms with E-state index in [1.165, 1.54) is 0 Å². The van der Waals surface area contributed by atoms with Crippen LogP contribution in [0.5, 0.6) is 0 Å². The zero-order valence-electron chi connectivity index (χ0n) is 10.5. The van der Waals surface area contributed by atoms with Crippen molar-refractivity contribution in [2.75, 3.05) is 6.54 Å². The molecule has 6 nitrogen and oxygen atoms in total. The summed E-state index contributed by atoms with van der Waals surface area (Å²) in [7, 11) is 1.89. The van der Waals surface area contributed by atoms with Crippen LogP contribution >= 0.6 is 0 Å². The molecule has 0 fully saturated rings. The minimum Gasteiger partial charge on any atom is -0.311 e. The second-order valence-corrected chi connectivity index (χ2v) is 4.51. The Morgan fingerprint density at radius 1 is 1.41 bits per heavy atom. The van der Waals surface area contributed by atoms with Crippen molar-refractivity contribution < 1.29 is 0 Å². The molecule has 2 rings (SSSR count). The van der Waals surface area contributed by atoms with Crippen LogP contribution in [0.25, 0.3) is 5.82 Å². The van der Waals surface area contributed by atoms with Crippen LogP contribution in [0.1, 0.15) is 19.5 Å². The summed E-state index contributed by atoms with van der Waals surface area (Å²) in [5.41, 5.74) is 1.02. The van der Waals surface area contributed by atoms with Crippen molar-refractivity contribution in [1.82, 2.24) is 30.1 Å². The van der Waals surface area contributed by atoms with Crippen molar-refractivity contribution >= 4 is 0 Å². The molecule has 6 heteroatoms. The molecule has 1 N–H and O–H groups in total. The lowest BCUT2D eigenvalue weighted by Crippen LogP contribution is -2.21. The molecule has 0 saturated carbocycles. The van der Waals surface area contributed by atoms with Crippen molar-refractivity contribution in [3.63, 3.8) is 0 Å². The summed E-state index contributed by atoms with van der Waals surface area (Å²) >= 11 is 0. The molecule has 0 aliphatic carbocycles. The third-order valence-electron chi connectivity index (χ3n) is 2.40. The zero-order valence-corrected chi connectivity index (χ0v) is 10.5. The molecule has 92 valence electrons. The molecule has 2 heterocycles. The van der Waals surface area contributed by atoms with E-state index < -0.39 is 0 Å². The Kier molecular flexibility index (Phi) is 3.53. The molecular formula is C11H18N6. The fraction of sp³-hybridized carbons (Fsp3) is 0.545. The van der Waals surface area contributed by atoms with Crippen LogP contribution in [-0.4, -0.2) is 31.3 Å². The highest BCUT2D eigenvalue weighted by atomic mass is 15.5.